The molecular weight excluding hydrogens is 220 g/mol. The average molecular weight is 232 g/mol. The lowest BCUT2D eigenvalue weighted by atomic mass is 10.1. The number of rotatable bonds is 3. The third kappa shape index (κ3) is 3.35. The van der Waals surface area contributed by atoms with Gasteiger partial charge in [-0.25, -0.2) is 9.59 Å². The van der Waals surface area contributed by atoms with Crippen molar-refractivity contribution in [3.8, 4) is 12.3 Å². The molecule has 1 rings (SSSR count). The number of carbonyl (C=O) groups is 2. The van der Waals surface area contributed by atoms with E-state index in [1.165, 1.54) is 19.2 Å². The van der Waals surface area contributed by atoms with Crippen LogP contribution < -0.4 is 0 Å². The normalized spacial score (nSPS) is 11.1. The molecule has 0 spiro atoms. The molecule has 0 bridgehead atoms. The summed E-state index contributed by atoms with van der Waals surface area (Å²) in [4.78, 5) is 22.9. The van der Waals surface area contributed by atoms with Crippen molar-refractivity contribution in [2.75, 3.05) is 7.11 Å². The van der Waals surface area contributed by atoms with Gasteiger partial charge in [-0.1, -0.05) is 12.0 Å². The van der Waals surface area contributed by atoms with Gasteiger partial charge in [0.1, 0.15) is 0 Å². The zero-order chi connectivity index (χ0) is 12.8. The van der Waals surface area contributed by atoms with E-state index in [1.807, 2.05) is 0 Å². The summed E-state index contributed by atoms with van der Waals surface area (Å²) in [6.45, 7) is 1.59. The summed E-state index contributed by atoms with van der Waals surface area (Å²) < 4.78 is 9.48. The zero-order valence-corrected chi connectivity index (χ0v) is 9.60. The van der Waals surface area contributed by atoms with Gasteiger partial charge in [-0.05, 0) is 25.1 Å². The maximum Gasteiger partial charge on any atom is 0.339 e. The number of carbonyl (C=O) groups excluding carboxylic acids is 2. The van der Waals surface area contributed by atoms with Gasteiger partial charge >= 0.3 is 11.9 Å². The fourth-order valence-corrected chi connectivity index (χ4v) is 1.15. The molecule has 1 atom stereocenters. The van der Waals surface area contributed by atoms with Crippen LogP contribution in [0.1, 0.15) is 27.6 Å². The Bertz CT molecular complexity index is 471. The Labute approximate surface area is 99.5 Å². The van der Waals surface area contributed by atoms with Crippen molar-refractivity contribution in [2.24, 2.45) is 0 Å². The number of esters is 2. The molecule has 0 aliphatic rings. The smallest absolute Gasteiger partial charge is 0.339 e. The van der Waals surface area contributed by atoms with Crippen molar-refractivity contribution in [3.63, 3.8) is 0 Å². The minimum Gasteiger partial charge on any atom is -0.465 e. The fraction of sp³-hybridized carbons (Fsp3) is 0.231. The van der Waals surface area contributed by atoms with Gasteiger partial charge in [0.05, 0.1) is 18.2 Å². The standard InChI is InChI=1S/C13H12O4/c1-4-9(2)17-13(15)11-7-5-6-10(8-11)12(14)16-3/h1,5-9H,2-3H3. The van der Waals surface area contributed by atoms with Crippen LogP contribution in [0.3, 0.4) is 0 Å². The second kappa shape index (κ2) is 5.71. The Morgan fingerprint density at radius 2 is 1.88 bits per heavy atom. The summed E-state index contributed by atoms with van der Waals surface area (Å²) in [5, 5.41) is 0. The summed E-state index contributed by atoms with van der Waals surface area (Å²) in [5.41, 5.74) is 0.547. The number of hydrogen-bond acceptors (Lipinski definition) is 4. The van der Waals surface area contributed by atoms with Gasteiger partial charge in [0.25, 0.3) is 0 Å². The molecule has 17 heavy (non-hydrogen) atoms. The van der Waals surface area contributed by atoms with Crippen molar-refractivity contribution in [2.45, 2.75) is 13.0 Å². The molecule has 0 radical (unpaired) electrons. The van der Waals surface area contributed by atoms with E-state index >= 15 is 0 Å². The van der Waals surface area contributed by atoms with Crippen LogP contribution in [0.5, 0.6) is 0 Å². The predicted molar refractivity (Wildman–Crippen MR) is 61.5 cm³/mol. The van der Waals surface area contributed by atoms with Gasteiger partial charge in [-0.2, -0.15) is 0 Å². The molecule has 0 saturated heterocycles. The summed E-state index contributed by atoms with van der Waals surface area (Å²) in [7, 11) is 1.27. The van der Waals surface area contributed by atoms with Gasteiger partial charge in [0.2, 0.25) is 0 Å². The van der Waals surface area contributed by atoms with Gasteiger partial charge in [0, 0.05) is 0 Å². The highest BCUT2D eigenvalue weighted by atomic mass is 16.5. The first kappa shape index (κ1) is 12.8. The van der Waals surface area contributed by atoms with Gasteiger partial charge in [-0.3, -0.25) is 0 Å². The van der Waals surface area contributed by atoms with Crippen LogP contribution in [0.15, 0.2) is 24.3 Å². The average Bonchev–Trinajstić information content (AvgIpc) is 2.37. The SMILES string of the molecule is C#CC(C)OC(=O)c1cccc(C(=O)OC)c1. The quantitative estimate of drug-likeness (QED) is 0.587. The molecule has 1 aromatic rings. The van der Waals surface area contributed by atoms with E-state index in [4.69, 9.17) is 11.2 Å². The Balaban J connectivity index is 2.89. The lowest BCUT2D eigenvalue weighted by Gasteiger charge is -2.07. The first-order chi connectivity index (χ1) is 8.08. The van der Waals surface area contributed by atoms with Crippen LogP contribution in [-0.4, -0.2) is 25.2 Å². The Morgan fingerprint density at radius 3 is 2.41 bits per heavy atom. The molecule has 88 valence electrons. The van der Waals surface area contributed by atoms with Crippen LogP contribution in [0.2, 0.25) is 0 Å². The summed E-state index contributed by atoms with van der Waals surface area (Å²) >= 11 is 0. The molecule has 4 nitrogen and oxygen atoms in total. The minimum absolute atomic E-state index is 0.259. The highest BCUT2D eigenvalue weighted by Crippen LogP contribution is 2.09. The van der Waals surface area contributed by atoms with E-state index in [0.29, 0.717) is 0 Å². The number of benzene rings is 1. The molecule has 0 amide bonds. The highest BCUT2D eigenvalue weighted by Gasteiger charge is 2.13. The van der Waals surface area contributed by atoms with Crippen LogP contribution in [0.25, 0.3) is 0 Å². The first-order valence-electron chi connectivity index (χ1n) is 4.94. The number of methoxy groups -OCH3 is 1. The van der Waals surface area contributed by atoms with Crippen LogP contribution in [0.4, 0.5) is 0 Å². The third-order valence-electron chi connectivity index (χ3n) is 2.04. The summed E-state index contributed by atoms with van der Waals surface area (Å²) in [5.74, 6) is 1.20. The van der Waals surface area contributed by atoms with E-state index in [2.05, 4.69) is 10.7 Å². The lowest BCUT2D eigenvalue weighted by Crippen LogP contribution is -2.13. The van der Waals surface area contributed by atoms with E-state index in [1.54, 1.807) is 19.1 Å². The molecule has 0 heterocycles. The topological polar surface area (TPSA) is 52.6 Å². The number of terminal acetylenes is 1. The molecule has 0 fully saturated rings. The van der Waals surface area contributed by atoms with E-state index in [9.17, 15) is 9.59 Å². The maximum atomic E-state index is 11.6. The van der Waals surface area contributed by atoms with Crippen molar-refractivity contribution >= 4 is 11.9 Å². The van der Waals surface area contributed by atoms with Crippen LogP contribution in [0, 0.1) is 12.3 Å². The molecule has 0 aliphatic heterocycles. The van der Waals surface area contributed by atoms with Gasteiger partial charge in [-0.15, -0.1) is 6.42 Å². The van der Waals surface area contributed by atoms with Crippen molar-refractivity contribution in [1.29, 1.82) is 0 Å². The third-order valence-corrected chi connectivity index (χ3v) is 2.04. The monoisotopic (exact) mass is 232 g/mol. The predicted octanol–water partition coefficient (Wildman–Crippen LogP) is 1.65. The second-order valence-electron chi connectivity index (χ2n) is 3.29. The van der Waals surface area contributed by atoms with Gasteiger partial charge < -0.3 is 9.47 Å². The molecule has 1 unspecified atom stereocenters. The largest absolute Gasteiger partial charge is 0.465 e. The van der Waals surface area contributed by atoms with Crippen molar-refractivity contribution in [1.82, 2.24) is 0 Å². The molecule has 4 heteroatoms. The van der Waals surface area contributed by atoms with Crippen molar-refractivity contribution in [3.05, 3.63) is 35.4 Å². The molecule has 0 saturated carbocycles. The van der Waals surface area contributed by atoms with E-state index < -0.39 is 18.0 Å². The van der Waals surface area contributed by atoms with Crippen molar-refractivity contribution < 1.29 is 19.1 Å². The molecule has 0 aromatic heterocycles. The summed E-state index contributed by atoms with van der Waals surface area (Å²) in [6.07, 6.45) is 4.49. The zero-order valence-electron chi connectivity index (χ0n) is 9.60. The fourth-order valence-electron chi connectivity index (χ4n) is 1.15. The van der Waals surface area contributed by atoms with Crippen LogP contribution in [-0.2, 0) is 9.47 Å². The minimum atomic E-state index is -0.607. The van der Waals surface area contributed by atoms with Gasteiger partial charge in [0.15, 0.2) is 6.10 Å². The molecule has 0 aliphatic carbocycles. The summed E-state index contributed by atoms with van der Waals surface area (Å²) in [6, 6.07) is 6.06. The maximum absolute atomic E-state index is 11.6. The first-order valence-corrected chi connectivity index (χ1v) is 4.94. The molecule has 0 N–H and O–H groups in total. The Kier molecular flexibility index (Phi) is 4.29. The second-order valence-corrected chi connectivity index (χ2v) is 3.29. The Hall–Kier alpha value is -2.28. The Morgan fingerprint density at radius 1 is 1.29 bits per heavy atom. The lowest BCUT2D eigenvalue weighted by molar-refractivity contribution is 0.0439. The van der Waals surface area contributed by atoms with Crippen LogP contribution >= 0.6 is 0 Å². The molecule has 1 aromatic carbocycles. The number of ether oxygens (including phenoxy) is 2. The molecular formula is C13H12O4. The van der Waals surface area contributed by atoms with E-state index in [0.717, 1.165) is 0 Å². The number of hydrogen-bond donors (Lipinski definition) is 0. The highest BCUT2D eigenvalue weighted by molar-refractivity contribution is 5.95. The van der Waals surface area contributed by atoms with E-state index in [-0.39, 0.29) is 11.1 Å².